The van der Waals surface area contributed by atoms with E-state index in [1.807, 2.05) is 53.6 Å². The van der Waals surface area contributed by atoms with Crippen molar-refractivity contribution in [2.24, 2.45) is 17.8 Å². The molecule has 330 valence electrons. The summed E-state index contributed by atoms with van der Waals surface area (Å²) in [6.07, 6.45) is -6.71. The summed E-state index contributed by atoms with van der Waals surface area (Å²) in [5.41, 5.74) is -5.95. The van der Waals surface area contributed by atoms with E-state index in [2.05, 4.69) is 10.6 Å². The van der Waals surface area contributed by atoms with Crippen molar-refractivity contribution < 1.29 is 58.7 Å². The van der Waals surface area contributed by atoms with Gasteiger partial charge in [-0.05, 0) is 107 Å². The van der Waals surface area contributed by atoms with Crippen molar-refractivity contribution in [1.82, 2.24) is 15.5 Å². The molecule has 56 heavy (non-hydrogen) atoms. The molecule has 15 heteroatoms. The fraction of sp³-hybridized carbons (Fsp3) is 0.976. The number of cyclic esters (lactones) is 1. The molecule has 0 amide bonds. The Kier molecular flexibility index (Phi) is 17.6. The summed E-state index contributed by atoms with van der Waals surface area (Å²) < 4.78 is 38.3. The zero-order valence-corrected chi connectivity index (χ0v) is 36.8. The summed E-state index contributed by atoms with van der Waals surface area (Å²) in [6, 6.07) is -0.877. The first-order chi connectivity index (χ1) is 25.9. The van der Waals surface area contributed by atoms with Gasteiger partial charge in [0.2, 0.25) is 0 Å². The van der Waals surface area contributed by atoms with Crippen molar-refractivity contribution in [3.05, 3.63) is 0 Å². The molecule has 0 aromatic heterocycles. The van der Waals surface area contributed by atoms with Crippen LogP contribution in [0.5, 0.6) is 0 Å². The number of aliphatic hydroxyl groups is 5. The molecule has 7 N–H and O–H groups in total. The molecule has 0 aromatic carbocycles. The summed E-state index contributed by atoms with van der Waals surface area (Å²) in [4.78, 5) is 16.2. The molecular formula is C41H79N3O12. The standard InChI is InChI=1S/C41H79N3O12/c1-15-17-42-22-41(50)28(8)53-31(20-39(41,10)51-14)55-33-25(5)35(56-37-32(45)29(44(12)13)18-24(4)52-37)38(9,48)19-23(3)21-43-27(7)34(46)40(11,49)30(16-2)54-36(47)26(33)6/h23-35,37,42-43,45-46,48-50H,15-22H2,1-14H3/t23-,24-,25+,26?,27?,28+,29?,30-,31?,32-,33+,34-,35-,37?,38-,39-,40-,41+/m1/s1. The minimum atomic E-state index is -1.81. The van der Waals surface area contributed by atoms with Crippen molar-refractivity contribution in [1.29, 1.82) is 0 Å². The van der Waals surface area contributed by atoms with Gasteiger partial charge in [-0.25, -0.2) is 0 Å². The summed E-state index contributed by atoms with van der Waals surface area (Å²) in [5.74, 6) is -2.66. The lowest BCUT2D eigenvalue weighted by Crippen LogP contribution is -2.70. The fourth-order valence-corrected chi connectivity index (χ4v) is 9.21. The average Bonchev–Trinajstić information content (AvgIpc) is 3.12. The number of ether oxygens (including phenoxy) is 6. The van der Waals surface area contributed by atoms with Crippen LogP contribution in [0, 0.1) is 17.8 Å². The van der Waals surface area contributed by atoms with E-state index in [1.165, 1.54) is 14.0 Å². The second-order valence-corrected chi connectivity index (χ2v) is 18.2. The second kappa shape index (κ2) is 20.0. The second-order valence-electron chi connectivity index (χ2n) is 18.2. The predicted molar refractivity (Wildman–Crippen MR) is 212 cm³/mol. The van der Waals surface area contributed by atoms with Gasteiger partial charge in [-0.1, -0.05) is 27.7 Å². The molecule has 5 unspecified atom stereocenters. The Labute approximate surface area is 336 Å². The summed E-state index contributed by atoms with van der Waals surface area (Å²) >= 11 is 0. The number of rotatable bonds is 11. The Hall–Kier alpha value is -1.05. The number of aliphatic hydroxyl groups excluding tert-OH is 2. The normalized spacial score (nSPS) is 47.9. The van der Waals surface area contributed by atoms with Gasteiger partial charge < -0.3 is 69.5 Å². The zero-order valence-electron chi connectivity index (χ0n) is 36.8. The van der Waals surface area contributed by atoms with Crippen LogP contribution in [0.2, 0.25) is 0 Å². The van der Waals surface area contributed by atoms with Crippen LogP contribution < -0.4 is 10.6 Å². The molecule has 15 nitrogen and oxygen atoms in total. The van der Waals surface area contributed by atoms with E-state index in [0.717, 1.165) is 6.42 Å². The SMILES string of the molecule is CCCNC[C@]1(O)[C@H](C)OC(O[C@@H]2C(C)C(=O)O[C@H](CC)[C@@](C)(O)[C@H](O)C(C)NC[C@H](C)C[C@@](C)(O)[C@H](OC3O[C@H](C)CC(N(C)C)[C@H]3O)[C@H]2C)C[C@@]1(C)OC. The topological polar surface area (TPSA) is 201 Å². The Balaban J connectivity index is 2.16. The molecule has 0 aromatic rings. The number of hydrogen-bond acceptors (Lipinski definition) is 15. The number of nitrogens with zero attached hydrogens (tertiary/aromatic N) is 1. The van der Waals surface area contributed by atoms with E-state index in [9.17, 15) is 30.3 Å². The minimum absolute atomic E-state index is 0.0939. The van der Waals surface area contributed by atoms with E-state index >= 15 is 0 Å². The molecule has 3 aliphatic rings. The fourth-order valence-electron chi connectivity index (χ4n) is 9.21. The third-order valence-electron chi connectivity index (χ3n) is 13.0. The highest BCUT2D eigenvalue weighted by Crippen LogP contribution is 2.43. The van der Waals surface area contributed by atoms with Crippen LogP contribution >= 0.6 is 0 Å². The van der Waals surface area contributed by atoms with Gasteiger partial charge in [-0.2, -0.15) is 0 Å². The summed E-state index contributed by atoms with van der Waals surface area (Å²) in [7, 11) is 5.31. The van der Waals surface area contributed by atoms with Crippen LogP contribution in [0.15, 0.2) is 0 Å². The Morgan fingerprint density at radius 2 is 1.61 bits per heavy atom. The highest BCUT2D eigenvalue weighted by atomic mass is 16.7. The van der Waals surface area contributed by atoms with Crippen LogP contribution in [0.1, 0.15) is 108 Å². The maximum Gasteiger partial charge on any atom is 0.311 e. The van der Waals surface area contributed by atoms with Gasteiger partial charge >= 0.3 is 5.97 Å². The van der Waals surface area contributed by atoms with Gasteiger partial charge in [0, 0.05) is 38.1 Å². The van der Waals surface area contributed by atoms with Gasteiger partial charge in [-0.15, -0.1) is 0 Å². The predicted octanol–water partition coefficient (Wildman–Crippen LogP) is 1.93. The highest BCUT2D eigenvalue weighted by molar-refractivity contribution is 5.73. The molecule has 0 radical (unpaired) electrons. The van der Waals surface area contributed by atoms with Gasteiger partial charge in [0.15, 0.2) is 12.6 Å². The molecule has 3 rings (SSSR count). The molecule has 0 bridgehead atoms. The van der Waals surface area contributed by atoms with E-state index in [-0.39, 0.29) is 43.9 Å². The Morgan fingerprint density at radius 3 is 2.18 bits per heavy atom. The number of nitrogens with one attached hydrogen (secondary N) is 2. The van der Waals surface area contributed by atoms with Crippen molar-refractivity contribution in [3.63, 3.8) is 0 Å². The van der Waals surface area contributed by atoms with Crippen molar-refractivity contribution in [2.75, 3.05) is 40.8 Å². The van der Waals surface area contributed by atoms with Crippen LogP contribution in [0.25, 0.3) is 0 Å². The van der Waals surface area contributed by atoms with E-state index in [4.69, 9.17) is 28.4 Å². The number of hydrogen-bond donors (Lipinski definition) is 7. The lowest BCUT2D eigenvalue weighted by atomic mass is 9.75. The number of esters is 1. The van der Waals surface area contributed by atoms with Gasteiger partial charge in [0.25, 0.3) is 0 Å². The van der Waals surface area contributed by atoms with E-state index in [1.54, 1.807) is 34.6 Å². The number of carbonyl (C=O) groups is 1. The smallest absolute Gasteiger partial charge is 0.311 e. The van der Waals surface area contributed by atoms with Gasteiger partial charge in [-0.3, -0.25) is 4.79 Å². The molecule has 3 saturated heterocycles. The maximum atomic E-state index is 14.3. The molecule has 18 atom stereocenters. The maximum absolute atomic E-state index is 14.3. The lowest BCUT2D eigenvalue weighted by Gasteiger charge is -2.53. The van der Waals surface area contributed by atoms with E-state index in [0.29, 0.717) is 19.5 Å². The first-order valence-electron chi connectivity index (χ1n) is 20.9. The molecular weight excluding hydrogens is 726 g/mol. The molecule has 3 fully saturated rings. The number of methoxy groups -OCH3 is 1. The summed E-state index contributed by atoms with van der Waals surface area (Å²) in [5, 5.41) is 65.8. The third-order valence-corrected chi connectivity index (χ3v) is 13.0. The Bertz CT molecular complexity index is 1230. The first kappa shape index (κ1) is 49.3. The van der Waals surface area contributed by atoms with Gasteiger partial charge in [0.05, 0.1) is 35.9 Å². The molecule has 0 aliphatic carbocycles. The Morgan fingerprint density at radius 1 is 0.964 bits per heavy atom. The highest BCUT2D eigenvalue weighted by Gasteiger charge is 2.58. The monoisotopic (exact) mass is 806 g/mol. The van der Waals surface area contributed by atoms with Crippen molar-refractivity contribution in [3.8, 4) is 0 Å². The zero-order chi connectivity index (χ0) is 42.6. The van der Waals surface area contributed by atoms with Crippen LogP contribution in [0.3, 0.4) is 0 Å². The first-order valence-corrected chi connectivity index (χ1v) is 20.9. The largest absolute Gasteiger partial charge is 0.459 e. The number of carbonyl (C=O) groups excluding carboxylic acids is 1. The van der Waals surface area contributed by atoms with Crippen molar-refractivity contribution >= 4 is 5.97 Å². The quantitative estimate of drug-likeness (QED) is 0.118. The van der Waals surface area contributed by atoms with Crippen molar-refractivity contribution in [2.45, 2.75) is 198 Å². The lowest BCUT2D eigenvalue weighted by molar-refractivity contribution is -0.336. The molecule has 0 spiro atoms. The van der Waals surface area contributed by atoms with E-state index < -0.39 is 95.5 Å². The van der Waals surface area contributed by atoms with Gasteiger partial charge in [0.1, 0.15) is 35.1 Å². The molecule has 3 heterocycles. The van der Waals surface area contributed by atoms with Crippen LogP contribution in [-0.2, 0) is 33.2 Å². The minimum Gasteiger partial charge on any atom is -0.459 e. The number of likely N-dealkylation sites (N-methyl/N-ethyl adjacent to an activating group) is 1. The average molecular weight is 806 g/mol. The van der Waals surface area contributed by atoms with Crippen LogP contribution in [-0.4, -0.2) is 167 Å². The molecule has 3 aliphatic heterocycles. The van der Waals surface area contributed by atoms with Crippen LogP contribution in [0.4, 0.5) is 0 Å². The summed E-state index contributed by atoms with van der Waals surface area (Å²) in [6.45, 7) is 20.9. The third kappa shape index (κ3) is 11.0. The molecule has 0 saturated carbocycles.